The SMILES string of the molecule is CCOC(=O)C(/C(C)=N/NC(=O)Nc1cccc(F)c1)C(C(=O)OC)C(=O)OC. The number of urea groups is 1. The van der Waals surface area contributed by atoms with Gasteiger partial charge in [0.15, 0.2) is 5.92 Å². The van der Waals surface area contributed by atoms with Gasteiger partial charge in [0.1, 0.15) is 11.7 Å². The van der Waals surface area contributed by atoms with Crippen molar-refractivity contribution in [3.63, 3.8) is 0 Å². The summed E-state index contributed by atoms with van der Waals surface area (Å²) in [6.45, 7) is 2.82. The minimum atomic E-state index is -1.68. The molecular formula is C18H22FN3O7. The number of esters is 3. The molecule has 10 nitrogen and oxygen atoms in total. The summed E-state index contributed by atoms with van der Waals surface area (Å²) in [4.78, 5) is 48.4. The first kappa shape index (κ1) is 23.5. The van der Waals surface area contributed by atoms with Crippen LogP contribution in [-0.2, 0) is 28.6 Å². The predicted molar refractivity (Wildman–Crippen MR) is 99.3 cm³/mol. The molecule has 1 aromatic carbocycles. The molecule has 1 aromatic rings. The zero-order valence-electron chi connectivity index (χ0n) is 16.4. The number of hydrazone groups is 1. The van der Waals surface area contributed by atoms with Crippen molar-refractivity contribution in [3.05, 3.63) is 30.1 Å². The summed E-state index contributed by atoms with van der Waals surface area (Å²) in [5.74, 6) is -6.72. The fraction of sp³-hybridized carbons (Fsp3) is 0.389. The number of benzene rings is 1. The van der Waals surface area contributed by atoms with Crippen molar-refractivity contribution in [1.82, 2.24) is 5.43 Å². The molecule has 0 saturated heterocycles. The summed E-state index contributed by atoms with van der Waals surface area (Å²) in [5.41, 5.74) is 2.15. The lowest BCUT2D eigenvalue weighted by Gasteiger charge is -2.21. The van der Waals surface area contributed by atoms with Gasteiger partial charge in [-0.2, -0.15) is 5.10 Å². The lowest BCUT2D eigenvalue weighted by molar-refractivity contribution is -0.166. The average Bonchev–Trinajstić information content (AvgIpc) is 2.69. The van der Waals surface area contributed by atoms with Gasteiger partial charge in [0.25, 0.3) is 0 Å². The van der Waals surface area contributed by atoms with Crippen LogP contribution < -0.4 is 10.7 Å². The molecule has 2 amide bonds. The summed E-state index contributed by atoms with van der Waals surface area (Å²) in [5, 5.41) is 6.08. The molecule has 1 rings (SSSR count). The van der Waals surface area contributed by atoms with Crippen molar-refractivity contribution in [2.24, 2.45) is 16.9 Å². The topological polar surface area (TPSA) is 132 Å². The zero-order chi connectivity index (χ0) is 22.0. The summed E-state index contributed by atoms with van der Waals surface area (Å²) in [6, 6.07) is 4.29. The molecule has 158 valence electrons. The Morgan fingerprint density at radius 2 is 1.69 bits per heavy atom. The molecule has 2 N–H and O–H groups in total. The van der Waals surface area contributed by atoms with Gasteiger partial charge in [-0.05, 0) is 32.0 Å². The maximum absolute atomic E-state index is 13.2. The first-order valence-electron chi connectivity index (χ1n) is 8.44. The molecule has 0 aliphatic heterocycles. The smallest absolute Gasteiger partial charge is 0.339 e. The van der Waals surface area contributed by atoms with Gasteiger partial charge in [-0.25, -0.2) is 14.6 Å². The van der Waals surface area contributed by atoms with Crippen LogP contribution in [0.3, 0.4) is 0 Å². The standard InChI is InChI=1S/C18H22FN3O7/c1-5-29-17(25)13(14(15(23)27-3)16(24)28-4)10(2)21-22-18(26)20-12-8-6-7-11(19)9-12/h6-9,13-14H,5H2,1-4H3,(H2,20,22,26)/b21-10+. The van der Waals surface area contributed by atoms with Gasteiger partial charge in [-0.15, -0.1) is 0 Å². The van der Waals surface area contributed by atoms with E-state index in [-0.39, 0.29) is 18.0 Å². The lowest BCUT2D eigenvalue weighted by Crippen LogP contribution is -2.42. The molecule has 0 saturated carbocycles. The third kappa shape index (κ3) is 6.87. The number of ether oxygens (including phenoxy) is 3. The number of nitrogens with one attached hydrogen (secondary N) is 2. The summed E-state index contributed by atoms with van der Waals surface area (Å²) < 4.78 is 27.2. The van der Waals surface area contributed by atoms with Crippen LogP contribution in [-0.4, -0.2) is 50.5 Å². The minimum absolute atomic E-state index is 0.0227. The molecule has 1 atom stereocenters. The van der Waals surface area contributed by atoms with Crippen LogP contribution in [0.15, 0.2) is 29.4 Å². The van der Waals surface area contributed by atoms with E-state index < -0.39 is 41.6 Å². The van der Waals surface area contributed by atoms with E-state index >= 15 is 0 Å². The normalized spacial score (nSPS) is 12.0. The molecule has 0 aromatic heterocycles. The summed E-state index contributed by atoms with van der Waals surface area (Å²) in [7, 11) is 2.08. The van der Waals surface area contributed by atoms with E-state index in [1.807, 2.05) is 0 Å². The Morgan fingerprint density at radius 3 is 2.21 bits per heavy atom. The molecule has 0 radical (unpaired) electrons. The lowest BCUT2D eigenvalue weighted by atomic mass is 9.88. The van der Waals surface area contributed by atoms with Crippen molar-refractivity contribution < 1.29 is 37.8 Å². The molecule has 0 aliphatic carbocycles. The number of hydrogen-bond acceptors (Lipinski definition) is 8. The highest BCUT2D eigenvalue weighted by Crippen LogP contribution is 2.20. The van der Waals surface area contributed by atoms with E-state index in [1.165, 1.54) is 32.0 Å². The Kier molecular flexibility index (Phi) is 9.23. The van der Waals surface area contributed by atoms with Gasteiger partial charge in [-0.3, -0.25) is 14.4 Å². The number of carbonyl (C=O) groups excluding carboxylic acids is 4. The van der Waals surface area contributed by atoms with E-state index in [0.29, 0.717) is 0 Å². The van der Waals surface area contributed by atoms with E-state index in [2.05, 4.69) is 25.3 Å². The second-order valence-corrected chi connectivity index (χ2v) is 5.58. The van der Waals surface area contributed by atoms with Gasteiger partial charge >= 0.3 is 23.9 Å². The molecule has 0 spiro atoms. The Hall–Kier alpha value is -3.50. The number of rotatable bonds is 8. The Balaban J connectivity index is 3.07. The van der Waals surface area contributed by atoms with Gasteiger partial charge in [0.05, 0.1) is 26.5 Å². The fourth-order valence-corrected chi connectivity index (χ4v) is 2.34. The highest BCUT2D eigenvalue weighted by Gasteiger charge is 2.44. The third-order valence-corrected chi connectivity index (χ3v) is 3.65. The number of halogens is 1. The highest BCUT2D eigenvalue weighted by molar-refractivity contribution is 6.10. The van der Waals surface area contributed by atoms with Crippen molar-refractivity contribution in [1.29, 1.82) is 0 Å². The molecule has 0 bridgehead atoms. The Labute approximate surface area is 166 Å². The van der Waals surface area contributed by atoms with E-state index in [0.717, 1.165) is 20.3 Å². The maximum atomic E-state index is 13.2. The number of amides is 2. The van der Waals surface area contributed by atoms with E-state index in [9.17, 15) is 23.6 Å². The van der Waals surface area contributed by atoms with Crippen LogP contribution in [0.5, 0.6) is 0 Å². The molecule has 1 unspecified atom stereocenters. The van der Waals surface area contributed by atoms with E-state index in [4.69, 9.17) is 4.74 Å². The van der Waals surface area contributed by atoms with Crippen LogP contribution in [0.4, 0.5) is 14.9 Å². The van der Waals surface area contributed by atoms with Crippen LogP contribution >= 0.6 is 0 Å². The minimum Gasteiger partial charge on any atom is -0.468 e. The third-order valence-electron chi connectivity index (χ3n) is 3.65. The van der Waals surface area contributed by atoms with Crippen molar-refractivity contribution in [2.45, 2.75) is 13.8 Å². The summed E-state index contributed by atoms with van der Waals surface area (Å²) in [6.07, 6.45) is 0. The average molecular weight is 411 g/mol. The van der Waals surface area contributed by atoms with Crippen molar-refractivity contribution in [2.75, 3.05) is 26.1 Å². The molecular weight excluding hydrogens is 389 g/mol. The Morgan fingerprint density at radius 1 is 1.07 bits per heavy atom. The largest absolute Gasteiger partial charge is 0.468 e. The van der Waals surface area contributed by atoms with Crippen molar-refractivity contribution >= 4 is 35.3 Å². The number of anilines is 1. The van der Waals surface area contributed by atoms with Crippen molar-refractivity contribution in [3.8, 4) is 0 Å². The first-order valence-corrected chi connectivity index (χ1v) is 8.44. The number of nitrogens with zero attached hydrogens (tertiary/aromatic N) is 1. The number of carbonyl (C=O) groups is 4. The maximum Gasteiger partial charge on any atom is 0.339 e. The van der Waals surface area contributed by atoms with E-state index in [1.54, 1.807) is 0 Å². The van der Waals surface area contributed by atoms with Crippen LogP contribution in [0.25, 0.3) is 0 Å². The van der Waals surface area contributed by atoms with Gasteiger partial charge in [0, 0.05) is 5.69 Å². The number of methoxy groups -OCH3 is 2. The summed E-state index contributed by atoms with van der Waals surface area (Å²) >= 11 is 0. The molecule has 29 heavy (non-hydrogen) atoms. The first-order chi connectivity index (χ1) is 13.7. The van der Waals surface area contributed by atoms with Gasteiger partial charge < -0.3 is 19.5 Å². The number of hydrogen-bond donors (Lipinski definition) is 2. The second-order valence-electron chi connectivity index (χ2n) is 5.58. The highest BCUT2D eigenvalue weighted by atomic mass is 19.1. The van der Waals surface area contributed by atoms with Crippen LogP contribution in [0.2, 0.25) is 0 Å². The predicted octanol–water partition coefficient (Wildman–Crippen LogP) is 1.46. The second kappa shape index (κ2) is 11.4. The van der Waals surface area contributed by atoms with Gasteiger partial charge in [-0.1, -0.05) is 6.07 Å². The molecule has 11 heteroatoms. The monoisotopic (exact) mass is 411 g/mol. The Bertz CT molecular complexity index is 781. The molecule has 0 heterocycles. The van der Waals surface area contributed by atoms with Crippen LogP contribution in [0.1, 0.15) is 13.8 Å². The zero-order valence-corrected chi connectivity index (χ0v) is 16.4. The van der Waals surface area contributed by atoms with Gasteiger partial charge in [0.2, 0.25) is 0 Å². The fourth-order valence-electron chi connectivity index (χ4n) is 2.34. The van der Waals surface area contributed by atoms with Crippen LogP contribution in [0, 0.1) is 17.7 Å². The molecule has 0 fully saturated rings. The molecule has 0 aliphatic rings. The quantitative estimate of drug-likeness (QED) is 0.218.